The third-order valence-corrected chi connectivity index (χ3v) is 7.55. The van der Waals surface area contributed by atoms with E-state index in [1.165, 1.54) is 49.7 Å². The number of amides is 1. The molecule has 1 amide bonds. The zero-order valence-electron chi connectivity index (χ0n) is 17.8. The molecule has 3 aromatic rings. The van der Waals surface area contributed by atoms with Crippen molar-refractivity contribution in [1.29, 1.82) is 0 Å². The van der Waals surface area contributed by atoms with E-state index < -0.39 is 28.5 Å². The molecule has 0 bridgehead atoms. The van der Waals surface area contributed by atoms with Crippen LogP contribution in [0.3, 0.4) is 0 Å². The van der Waals surface area contributed by atoms with E-state index >= 15 is 0 Å². The molecule has 14 heteroatoms. The Morgan fingerprint density at radius 2 is 1.91 bits per heavy atom. The first kappa shape index (κ1) is 26.3. The maximum Gasteiger partial charge on any atom is 0.341 e. The first-order valence-electron chi connectivity index (χ1n) is 9.53. The smallest absolute Gasteiger partial charge is 0.341 e. The van der Waals surface area contributed by atoms with E-state index in [1.54, 1.807) is 12.1 Å². The quantitative estimate of drug-likeness (QED) is 0.251. The number of sulfonamides is 1. The number of hydrogen-bond donors (Lipinski definition) is 3. The summed E-state index contributed by atoms with van der Waals surface area (Å²) in [7, 11) is -2.57. The summed E-state index contributed by atoms with van der Waals surface area (Å²) in [6.07, 6.45) is 1.23. The predicted molar refractivity (Wildman–Crippen MR) is 133 cm³/mol. The number of benzene rings is 2. The first-order valence-corrected chi connectivity index (χ1v) is 12.6. The molecule has 0 aliphatic heterocycles. The molecule has 1 aromatic heterocycles. The summed E-state index contributed by atoms with van der Waals surface area (Å²) in [6, 6.07) is 11.4. The number of anilines is 1. The van der Waals surface area contributed by atoms with Crippen molar-refractivity contribution < 1.29 is 32.6 Å². The molecule has 0 radical (unpaired) electrons. The number of methoxy groups -OCH3 is 1. The molecule has 35 heavy (non-hydrogen) atoms. The average Bonchev–Trinajstić information content (AvgIpc) is 3.26. The summed E-state index contributed by atoms with van der Waals surface area (Å²) in [6.45, 7) is -0.595. The Labute approximate surface area is 214 Å². The number of thiophene rings is 1. The highest BCUT2D eigenvalue weighted by Crippen LogP contribution is 2.29. The van der Waals surface area contributed by atoms with Gasteiger partial charge < -0.3 is 14.6 Å². The minimum atomic E-state index is -4.00. The normalized spacial score (nSPS) is 11.3. The van der Waals surface area contributed by atoms with Crippen molar-refractivity contribution in [2.24, 2.45) is 5.10 Å². The summed E-state index contributed by atoms with van der Waals surface area (Å²) >= 11 is 12.7. The molecular weight excluding hydrogens is 541 g/mol. The fourth-order valence-electron chi connectivity index (χ4n) is 2.66. The number of carboxylic acids is 1. The molecule has 0 saturated heterocycles. The van der Waals surface area contributed by atoms with Crippen molar-refractivity contribution in [2.45, 2.75) is 4.21 Å². The van der Waals surface area contributed by atoms with E-state index in [-0.39, 0.29) is 26.2 Å². The van der Waals surface area contributed by atoms with Crippen molar-refractivity contribution in [3.05, 3.63) is 69.0 Å². The lowest BCUT2D eigenvalue weighted by molar-refractivity contribution is -0.139. The molecule has 3 rings (SSSR count). The zero-order valence-corrected chi connectivity index (χ0v) is 21.0. The highest BCUT2D eigenvalue weighted by Gasteiger charge is 2.21. The van der Waals surface area contributed by atoms with Gasteiger partial charge in [0.15, 0.2) is 6.61 Å². The van der Waals surface area contributed by atoms with Crippen molar-refractivity contribution in [2.75, 3.05) is 18.4 Å². The van der Waals surface area contributed by atoms with Crippen LogP contribution in [0.5, 0.6) is 11.5 Å². The molecule has 184 valence electrons. The Kier molecular flexibility index (Phi) is 8.57. The van der Waals surface area contributed by atoms with Crippen LogP contribution >= 0.6 is 34.5 Å². The molecule has 2 aromatic carbocycles. The second-order valence-corrected chi connectivity index (χ2v) is 10.7. The van der Waals surface area contributed by atoms with E-state index in [4.69, 9.17) is 37.8 Å². The minimum Gasteiger partial charge on any atom is -0.497 e. The van der Waals surface area contributed by atoms with Crippen LogP contribution in [-0.4, -0.2) is 45.3 Å². The molecule has 10 nitrogen and oxygen atoms in total. The van der Waals surface area contributed by atoms with E-state index in [0.717, 1.165) is 11.3 Å². The van der Waals surface area contributed by atoms with Crippen LogP contribution in [-0.2, 0) is 14.8 Å². The van der Waals surface area contributed by atoms with Gasteiger partial charge in [-0.3, -0.25) is 9.52 Å². The maximum atomic E-state index is 12.8. The second kappa shape index (κ2) is 11.4. The Morgan fingerprint density at radius 3 is 2.57 bits per heavy atom. The largest absolute Gasteiger partial charge is 0.497 e. The number of hydrazone groups is 1. The second-order valence-electron chi connectivity index (χ2n) is 6.64. The first-order chi connectivity index (χ1) is 16.6. The number of rotatable bonds is 10. The van der Waals surface area contributed by atoms with E-state index in [9.17, 15) is 18.0 Å². The fourth-order valence-corrected chi connectivity index (χ4v) is 5.40. The summed E-state index contributed by atoms with van der Waals surface area (Å²) in [4.78, 5) is 23.6. The van der Waals surface area contributed by atoms with Gasteiger partial charge in [-0.05, 0) is 42.5 Å². The van der Waals surface area contributed by atoms with Crippen LogP contribution in [0.2, 0.25) is 9.36 Å². The minimum absolute atomic E-state index is 0.0263. The van der Waals surface area contributed by atoms with Crippen molar-refractivity contribution in [3.8, 4) is 11.5 Å². The predicted octanol–water partition coefficient (Wildman–Crippen LogP) is 4.09. The molecule has 0 unspecified atom stereocenters. The number of aliphatic carboxylic acids is 1. The maximum absolute atomic E-state index is 12.8. The van der Waals surface area contributed by atoms with Crippen LogP contribution in [0.1, 0.15) is 15.9 Å². The number of nitrogens with zero attached hydrogens (tertiary/aromatic N) is 1. The van der Waals surface area contributed by atoms with Gasteiger partial charge >= 0.3 is 5.97 Å². The molecule has 0 fully saturated rings. The highest BCUT2D eigenvalue weighted by molar-refractivity contribution is 7.94. The van der Waals surface area contributed by atoms with E-state index in [1.807, 2.05) is 0 Å². The van der Waals surface area contributed by atoms with Gasteiger partial charge in [-0.1, -0.05) is 23.2 Å². The third kappa shape index (κ3) is 7.09. The molecule has 0 aliphatic carbocycles. The van der Waals surface area contributed by atoms with Gasteiger partial charge in [0.05, 0.1) is 28.9 Å². The van der Waals surface area contributed by atoms with Crippen molar-refractivity contribution in [1.82, 2.24) is 5.43 Å². The van der Waals surface area contributed by atoms with E-state index in [0.29, 0.717) is 15.6 Å². The van der Waals surface area contributed by atoms with Crippen LogP contribution < -0.4 is 19.6 Å². The molecular formula is C21H17Cl2N3O7S2. The molecule has 0 atom stereocenters. The number of hydrogen-bond acceptors (Lipinski definition) is 8. The number of carboxylic acid groups (broad SMARTS) is 1. The molecule has 3 N–H and O–H groups in total. The Hall–Kier alpha value is -3.32. The molecule has 0 aliphatic rings. The third-order valence-electron chi connectivity index (χ3n) is 4.23. The lowest BCUT2D eigenvalue weighted by atomic mass is 10.2. The van der Waals surface area contributed by atoms with Crippen molar-refractivity contribution in [3.63, 3.8) is 0 Å². The van der Waals surface area contributed by atoms with Crippen LogP contribution in [0.4, 0.5) is 5.69 Å². The van der Waals surface area contributed by atoms with Gasteiger partial charge in [-0.15, -0.1) is 11.3 Å². The zero-order chi connectivity index (χ0) is 25.6. The summed E-state index contributed by atoms with van der Waals surface area (Å²) in [5, 5.41) is 12.9. The Morgan fingerprint density at radius 1 is 1.14 bits per heavy atom. The van der Waals surface area contributed by atoms with Gasteiger partial charge in [-0.25, -0.2) is 18.6 Å². The monoisotopic (exact) mass is 557 g/mol. The average molecular weight is 558 g/mol. The summed E-state index contributed by atoms with van der Waals surface area (Å²) in [5.41, 5.74) is 2.52. The van der Waals surface area contributed by atoms with Gasteiger partial charge in [0, 0.05) is 16.7 Å². The lowest BCUT2D eigenvalue weighted by Crippen LogP contribution is -2.21. The van der Waals surface area contributed by atoms with Crippen LogP contribution in [0.15, 0.2) is 57.8 Å². The standard InChI is InChI=1S/C21H17Cl2N3O7S2/c1-32-14-4-2-12(17(9-14)33-11-19(27)28)10-24-25-21(29)15-8-13(22)3-5-16(15)26-35(30,31)20-7-6-18(23)34-20/h2-10,26H,11H2,1H3,(H,25,29)(H,27,28). The molecule has 0 saturated carbocycles. The van der Waals surface area contributed by atoms with Crippen molar-refractivity contribution >= 4 is 68.3 Å². The number of carbonyl (C=O) groups is 2. The SMILES string of the molecule is COc1ccc(C=NNC(=O)c2cc(Cl)ccc2NS(=O)(=O)c2ccc(Cl)s2)c(OCC(=O)O)c1. The molecule has 1 heterocycles. The summed E-state index contributed by atoms with van der Waals surface area (Å²) < 4.78 is 38.2. The Balaban J connectivity index is 1.81. The van der Waals surface area contributed by atoms with Crippen LogP contribution in [0, 0.1) is 0 Å². The van der Waals surface area contributed by atoms with Gasteiger partial charge in [0.1, 0.15) is 15.7 Å². The number of ether oxygens (including phenoxy) is 2. The highest BCUT2D eigenvalue weighted by atomic mass is 35.5. The van der Waals surface area contributed by atoms with Gasteiger partial charge in [-0.2, -0.15) is 5.10 Å². The Bertz CT molecular complexity index is 1390. The van der Waals surface area contributed by atoms with Gasteiger partial charge in [0.2, 0.25) is 0 Å². The fraction of sp³-hybridized carbons (Fsp3) is 0.0952. The topological polar surface area (TPSA) is 143 Å². The lowest BCUT2D eigenvalue weighted by Gasteiger charge is -2.11. The van der Waals surface area contributed by atoms with Gasteiger partial charge in [0.25, 0.3) is 15.9 Å². The number of halogens is 2. The number of nitrogens with one attached hydrogen (secondary N) is 2. The number of carbonyl (C=O) groups excluding carboxylic acids is 1. The van der Waals surface area contributed by atoms with Crippen LogP contribution in [0.25, 0.3) is 0 Å². The van der Waals surface area contributed by atoms with E-state index in [2.05, 4.69) is 15.2 Å². The summed E-state index contributed by atoms with van der Waals surface area (Å²) in [5.74, 6) is -1.35. The molecule has 0 spiro atoms.